The molecule has 0 N–H and O–H groups in total. The molecule has 2 atom stereocenters. The van der Waals surface area contributed by atoms with Gasteiger partial charge in [0, 0.05) is 14.2 Å². The first-order valence-electron chi connectivity index (χ1n) is 8.16. The molecular weight excluding hydrogens is 308 g/mol. The van der Waals surface area contributed by atoms with E-state index in [0.717, 1.165) is 0 Å². The molecule has 1 aromatic carbocycles. The second-order valence-electron chi connectivity index (χ2n) is 6.37. The van der Waals surface area contributed by atoms with Gasteiger partial charge >= 0.3 is 5.97 Å². The molecule has 0 aliphatic heterocycles. The summed E-state index contributed by atoms with van der Waals surface area (Å²) < 4.78 is 16.1. The second kappa shape index (κ2) is 9.20. The highest BCUT2D eigenvalue weighted by atomic mass is 28.3. The Morgan fingerprint density at radius 3 is 2.17 bits per heavy atom. The molecule has 5 heteroatoms. The highest BCUT2D eigenvalue weighted by Crippen LogP contribution is 2.36. The molecule has 23 heavy (non-hydrogen) atoms. The second-order valence-corrected chi connectivity index (χ2v) is 11.1. The van der Waals surface area contributed by atoms with E-state index >= 15 is 0 Å². The molecule has 4 nitrogen and oxygen atoms in total. The van der Waals surface area contributed by atoms with Crippen LogP contribution in [0.3, 0.4) is 0 Å². The number of carbonyl (C=O) groups is 1. The molecule has 0 saturated heterocycles. The molecule has 0 bridgehead atoms. The Bertz CT molecular complexity index is 471. The van der Waals surface area contributed by atoms with Crippen LogP contribution in [0.15, 0.2) is 30.3 Å². The van der Waals surface area contributed by atoms with Crippen molar-refractivity contribution in [3.05, 3.63) is 30.3 Å². The predicted molar refractivity (Wildman–Crippen MR) is 95.5 cm³/mol. The lowest BCUT2D eigenvalue weighted by Gasteiger charge is -2.37. The van der Waals surface area contributed by atoms with Gasteiger partial charge < -0.3 is 14.2 Å². The maximum absolute atomic E-state index is 12.3. The number of benzene rings is 1. The molecule has 1 rings (SSSR count). The van der Waals surface area contributed by atoms with Gasteiger partial charge in [0.1, 0.15) is 0 Å². The maximum Gasteiger partial charge on any atom is 0.308 e. The largest absolute Gasteiger partial charge is 0.466 e. The van der Waals surface area contributed by atoms with E-state index in [0.29, 0.717) is 13.0 Å². The van der Waals surface area contributed by atoms with Gasteiger partial charge in [0.05, 0.1) is 20.6 Å². The minimum absolute atomic E-state index is 0.139. The zero-order chi connectivity index (χ0) is 17.5. The SMILES string of the molecule is CCOC(=O)[C@H](C)C(CC(OC)OC)[Si](C)(C)c1ccccc1. The van der Waals surface area contributed by atoms with Crippen molar-refractivity contribution in [2.75, 3.05) is 20.8 Å². The van der Waals surface area contributed by atoms with Crippen molar-refractivity contribution in [2.24, 2.45) is 5.92 Å². The average molecular weight is 339 g/mol. The van der Waals surface area contributed by atoms with Crippen LogP contribution in [0.25, 0.3) is 0 Å². The number of ether oxygens (including phenoxy) is 3. The molecule has 1 unspecified atom stereocenters. The Morgan fingerprint density at radius 1 is 1.13 bits per heavy atom. The molecule has 0 aliphatic carbocycles. The molecule has 0 aliphatic rings. The van der Waals surface area contributed by atoms with Crippen LogP contribution >= 0.6 is 0 Å². The monoisotopic (exact) mass is 338 g/mol. The molecule has 0 amide bonds. The molecule has 0 saturated carbocycles. The fourth-order valence-corrected chi connectivity index (χ4v) is 6.79. The van der Waals surface area contributed by atoms with Gasteiger partial charge in [-0.05, 0) is 18.9 Å². The summed E-state index contributed by atoms with van der Waals surface area (Å²) >= 11 is 0. The van der Waals surface area contributed by atoms with Crippen molar-refractivity contribution in [2.45, 2.75) is 45.2 Å². The third-order valence-corrected chi connectivity index (χ3v) is 9.09. The summed E-state index contributed by atoms with van der Waals surface area (Å²) in [6.45, 7) is 8.80. The Morgan fingerprint density at radius 2 is 1.70 bits per heavy atom. The minimum atomic E-state index is -1.92. The fourth-order valence-electron chi connectivity index (χ4n) is 3.14. The summed E-state index contributed by atoms with van der Waals surface area (Å²) in [5.41, 5.74) is 0.161. The van der Waals surface area contributed by atoms with Crippen LogP contribution in [0.4, 0.5) is 0 Å². The molecular formula is C18H30O4Si. The lowest BCUT2D eigenvalue weighted by Crippen LogP contribution is -2.50. The van der Waals surface area contributed by atoms with E-state index in [9.17, 15) is 4.79 Å². The molecule has 0 fully saturated rings. The van der Waals surface area contributed by atoms with E-state index < -0.39 is 8.07 Å². The summed E-state index contributed by atoms with van der Waals surface area (Å²) in [6, 6.07) is 10.4. The summed E-state index contributed by atoms with van der Waals surface area (Å²) in [7, 11) is 1.35. The van der Waals surface area contributed by atoms with Crippen LogP contribution in [-0.4, -0.2) is 41.2 Å². The van der Waals surface area contributed by atoms with Crippen molar-refractivity contribution < 1.29 is 19.0 Å². The van der Waals surface area contributed by atoms with Gasteiger partial charge in [-0.3, -0.25) is 4.79 Å². The smallest absolute Gasteiger partial charge is 0.308 e. The van der Waals surface area contributed by atoms with Gasteiger partial charge in [0.2, 0.25) is 0 Å². The van der Waals surface area contributed by atoms with Crippen LogP contribution in [0.1, 0.15) is 20.3 Å². The van der Waals surface area contributed by atoms with Gasteiger partial charge in [-0.15, -0.1) is 0 Å². The van der Waals surface area contributed by atoms with Crippen LogP contribution in [0.5, 0.6) is 0 Å². The quantitative estimate of drug-likeness (QED) is 0.394. The van der Waals surface area contributed by atoms with Crippen molar-refractivity contribution in [3.8, 4) is 0 Å². The van der Waals surface area contributed by atoms with E-state index in [-0.39, 0.29) is 23.7 Å². The van der Waals surface area contributed by atoms with Gasteiger partial charge in [0.25, 0.3) is 0 Å². The van der Waals surface area contributed by atoms with E-state index in [4.69, 9.17) is 14.2 Å². The first kappa shape index (κ1) is 19.9. The van der Waals surface area contributed by atoms with E-state index in [1.165, 1.54) is 5.19 Å². The Balaban J connectivity index is 3.13. The Hall–Kier alpha value is -1.17. The van der Waals surface area contributed by atoms with E-state index in [1.807, 2.05) is 19.9 Å². The Kier molecular flexibility index (Phi) is 7.95. The number of hydrogen-bond donors (Lipinski definition) is 0. The van der Waals surface area contributed by atoms with Gasteiger partial charge in [0.15, 0.2) is 6.29 Å². The third kappa shape index (κ3) is 5.16. The average Bonchev–Trinajstić information content (AvgIpc) is 2.56. The lowest BCUT2D eigenvalue weighted by atomic mass is 10.0. The third-order valence-electron chi connectivity index (χ3n) is 4.68. The highest BCUT2D eigenvalue weighted by Gasteiger charge is 2.41. The summed E-state index contributed by atoms with van der Waals surface area (Å²) in [5.74, 6) is -0.329. The number of methoxy groups -OCH3 is 2. The molecule has 1 aromatic rings. The molecule has 0 spiro atoms. The molecule has 0 heterocycles. The zero-order valence-electron chi connectivity index (χ0n) is 15.2. The normalized spacial score (nSPS) is 14.6. The summed E-state index contributed by atoms with van der Waals surface area (Å²) in [6.07, 6.45) is 0.369. The van der Waals surface area contributed by atoms with Crippen LogP contribution in [-0.2, 0) is 19.0 Å². The fraction of sp³-hybridized carbons (Fsp3) is 0.611. The van der Waals surface area contributed by atoms with Crippen molar-refractivity contribution >= 4 is 19.2 Å². The molecule has 0 aromatic heterocycles. The van der Waals surface area contributed by atoms with Crippen molar-refractivity contribution in [1.82, 2.24) is 0 Å². The van der Waals surface area contributed by atoms with E-state index in [1.54, 1.807) is 14.2 Å². The van der Waals surface area contributed by atoms with Gasteiger partial charge in [-0.2, -0.15) is 0 Å². The number of hydrogen-bond acceptors (Lipinski definition) is 4. The zero-order valence-corrected chi connectivity index (χ0v) is 16.2. The molecule has 130 valence electrons. The lowest BCUT2D eigenvalue weighted by molar-refractivity contribution is -0.149. The van der Waals surface area contributed by atoms with Gasteiger partial charge in [-0.25, -0.2) is 0 Å². The number of esters is 1. The minimum Gasteiger partial charge on any atom is -0.466 e. The summed E-state index contributed by atoms with van der Waals surface area (Å²) in [4.78, 5) is 12.3. The van der Waals surface area contributed by atoms with Crippen molar-refractivity contribution in [1.29, 1.82) is 0 Å². The number of rotatable bonds is 9. The van der Waals surface area contributed by atoms with Crippen LogP contribution in [0, 0.1) is 5.92 Å². The van der Waals surface area contributed by atoms with Crippen molar-refractivity contribution in [3.63, 3.8) is 0 Å². The standard InChI is InChI=1S/C18H30O4Si/c1-7-22-18(19)14(2)16(13-17(20-3)21-4)23(5,6)15-11-9-8-10-12-15/h8-12,14,16-17H,7,13H2,1-6H3/t14-,16?/m1/s1. The highest BCUT2D eigenvalue weighted by molar-refractivity contribution is 6.91. The Labute approximate surface area is 141 Å². The topological polar surface area (TPSA) is 44.8 Å². The van der Waals surface area contributed by atoms with Crippen LogP contribution < -0.4 is 5.19 Å². The predicted octanol–water partition coefficient (Wildman–Crippen LogP) is 3.18. The number of carbonyl (C=O) groups excluding carboxylic acids is 1. The maximum atomic E-state index is 12.3. The van der Waals surface area contributed by atoms with Crippen LogP contribution in [0.2, 0.25) is 18.6 Å². The first-order valence-corrected chi connectivity index (χ1v) is 11.2. The summed E-state index contributed by atoms with van der Waals surface area (Å²) in [5, 5.41) is 1.33. The molecule has 0 radical (unpaired) electrons. The van der Waals surface area contributed by atoms with E-state index in [2.05, 4.69) is 37.4 Å². The first-order chi connectivity index (χ1) is 10.9. The van der Waals surface area contributed by atoms with Gasteiger partial charge in [-0.1, -0.05) is 55.5 Å².